The van der Waals surface area contributed by atoms with Gasteiger partial charge < -0.3 is 5.11 Å². The summed E-state index contributed by atoms with van der Waals surface area (Å²) in [6, 6.07) is 0. The summed E-state index contributed by atoms with van der Waals surface area (Å²) in [6.07, 6.45) is 11.0. The van der Waals surface area contributed by atoms with Gasteiger partial charge in [-0.3, -0.25) is 0 Å². The van der Waals surface area contributed by atoms with Crippen LogP contribution in [0, 0.1) is 5.92 Å². The summed E-state index contributed by atoms with van der Waals surface area (Å²) in [7, 11) is 0. The SMILES string of the molecule is C=C(CC(C)CCCCCCCCC)C(=O)O. The first-order chi connectivity index (χ1) is 8.07. The van der Waals surface area contributed by atoms with Gasteiger partial charge in [0.2, 0.25) is 0 Å². The molecule has 0 aromatic rings. The molecule has 0 saturated heterocycles. The zero-order valence-corrected chi connectivity index (χ0v) is 11.5. The maximum atomic E-state index is 10.6. The van der Waals surface area contributed by atoms with E-state index in [1.165, 1.54) is 44.9 Å². The Balaban J connectivity index is 3.36. The van der Waals surface area contributed by atoms with Crippen LogP contribution in [-0.4, -0.2) is 11.1 Å². The highest BCUT2D eigenvalue weighted by molar-refractivity contribution is 5.85. The van der Waals surface area contributed by atoms with Crippen molar-refractivity contribution in [3.05, 3.63) is 12.2 Å². The number of rotatable bonds is 11. The van der Waals surface area contributed by atoms with E-state index in [1.54, 1.807) is 0 Å². The lowest BCUT2D eigenvalue weighted by atomic mass is 9.95. The number of hydrogen-bond donors (Lipinski definition) is 1. The highest BCUT2D eigenvalue weighted by atomic mass is 16.4. The third kappa shape index (κ3) is 10.1. The Morgan fingerprint density at radius 3 is 2.18 bits per heavy atom. The first-order valence-corrected chi connectivity index (χ1v) is 6.99. The minimum atomic E-state index is -0.851. The van der Waals surface area contributed by atoms with E-state index in [0.29, 0.717) is 17.9 Å². The van der Waals surface area contributed by atoms with Gasteiger partial charge in [0.15, 0.2) is 0 Å². The van der Waals surface area contributed by atoms with Crippen molar-refractivity contribution in [2.24, 2.45) is 5.92 Å². The number of carbonyl (C=O) groups is 1. The number of carboxylic acid groups (broad SMARTS) is 1. The van der Waals surface area contributed by atoms with Crippen LogP contribution >= 0.6 is 0 Å². The van der Waals surface area contributed by atoms with Crippen molar-refractivity contribution in [1.82, 2.24) is 0 Å². The number of unbranched alkanes of at least 4 members (excludes halogenated alkanes) is 6. The van der Waals surface area contributed by atoms with Crippen LogP contribution in [0.3, 0.4) is 0 Å². The Morgan fingerprint density at radius 1 is 1.12 bits per heavy atom. The zero-order chi connectivity index (χ0) is 13.1. The van der Waals surface area contributed by atoms with Gasteiger partial charge in [-0.25, -0.2) is 4.79 Å². The minimum Gasteiger partial charge on any atom is -0.478 e. The summed E-state index contributed by atoms with van der Waals surface area (Å²) in [5, 5.41) is 8.72. The van der Waals surface area contributed by atoms with Crippen LogP contribution in [0.5, 0.6) is 0 Å². The average molecular weight is 240 g/mol. The minimum absolute atomic E-state index is 0.348. The summed E-state index contributed by atoms with van der Waals surface area (Å²) in [5.41, 5.74) is 0.348. The molecule has 0 aliphatic carbocycles. The molecule has 0 aliphatic heterocycles. The first-order valence-electron chi connectivity index (χ1n) is 6.99. The molecule has 0 saturated carbocycles. The molecule has 0 aromatic heterocycles. The second kappa shape index (κ2) is 10.4. The topological polar surface area (TPSA) is 37.3 Å². The maximum Gasteiger partial charge on any atom is 0.330 e. The largest absolute Gasteiger partial charge is 0.478 e. The highest BCUT2D eigenvalue weighted by Crippen LogP contribution is 2.18. The quantitative estimate of drug-likeness (QED) is 0.416. The number of aliphatic carboxylic acids is 1. The van der Waals surface area contributed by atoms with Gasteiger partial charge in [-0.15, -0.1) is 0 Å². The van der Waals surface area contributed by atoms with Crippen molar-refractivity contribution < 1.29 is 9.90 Å². The molecule has 1 atom stereocenters. The lowest BCUT2D eigenvalue weighted by Crippen LogP contribution is -2.04. The Hall–Kier alpha value is -0.790. The van der Waals surface area contributed by atoms with Gasteiger partial charge in [-0.2, -0.15) is 0 Å². The Morgan fingerprint density at radius 2 is 1.65 bits per heavy atom. The smallest absolute Gasteiger partial charge is 0.330 e. The van der Waals surface area contributed by atoms with E-state index in [0.717, 1.165) is 6.42 Å². The van der Waals surface area contributed by atoms with Crippen LogP contribution in [0.1, 0.15) is 71.6 Å². The van der Waals surface area contributed by atoms with Crippen molar-refractivity contribution in [3.8, 4) is 0 Å². The fraction of sp³-hybridized carbons (Fsp3) is 0.800. The van der Waals surface area contributed by atoms with Crippen LogP contribution in [0.2, 0.25) is 0 Å². The average Bonchev–Trinajstić information content (AvgIpc) is 2.27. The van der Waals surface area contributed by atoms with Gasteiger partial charge in [0, 0.05) is 5.57 Å². The molecule has 100 valence electrons. The van der Waals surface area contributed by atoms with Gasteiger partial charge in [0.25, 0.3) is 0 Å². The standard InChI is InChI=1S/C15H28O2/c1-4-5-6-7-8-9-10-11-13(2)12-14(3)15(16)17/h13H,3-12H2,1-2H3,(H,16,17). The zero-order valence-electron chi connectivity index (χ0n) is 11.5. The molecular weight excluding hydrogens is 212 g/mol. The molecule has 0 aromatic carbocycles. The van der Waals surface area contributed by atoms with Crippen molar-refractivity contribution in [2.75, 3.05) is 0 Å². The van der Waals surface area contributed by atoms with E-state index in [1.807, 2.05) is 0 Å². The van der Waals surface area contributed by atoms with Crippen molar-refractivity contribution in [1.29, 1.82) is 0 Å². The molecule has 0 amide bonds. The Labute approximate surface area is 106 Å². The second-order valence-corrected chi connectivity index (χ2v) is 5.13. The third-order valence-electron chi connectivity index (χ3n) is 3.20. The van der Waals surface area contributed by atoms with Gasteiger partial charge in [-0.1, -0.05) is 71.8 Å². The lowest BCUT2D eigenvalue weighted by Gasteiger charge is -2.10. The van der Waals surface area contributed by atoms with Crippen LogP contribution in [0.15, 0.2) is 12.2 Å². The van der Waals surface area contributed by atoms with Gasteiger partial charge in [0.05, 0.1) is 0 Å². The fourth-order valence-electron chi connectivity index (χ4n) is 2.06. The monoisotopic (exact) mass is 240 g/mol. The molecule has 1 N–H and O–H groups in total. The van der Waals surface area contributed by atoms with E-state index < -0.39 is 5.97 Å². The molecule has 0 rings (SSSR count). The molecule has 1 unspecified atom stereocenters. The van der Waals surface area contributed by atoms with E-state index in [4.69, 9.17) is 5.11 Å². The van der Waals surface area contributed by atoms with Crippen LogP contribution in [0.4, 0.5) is 0 Å². The molecule has 0 radical (unpaired) electrons. The van der Waals surface area contributed by atoms with Crippen molar-refractivity contribution >= 4 is 5.97 Å². The molecular formula is C15H28O2. The van der Waals surface area contributed by atoms with E-state index in [-0.39, 0.29) is 0 Å². The first kappa shape index (κ1) is 16.2. The predicted octanol–water partition coefficient (Wildman–Crippen LogP) is 4.79. The summed E-state index contributed by atoms with van der Waals surface area (Å²) >= 11 is 0. The van der Waals surface area contributed by atoms with Gasteiger partial charge >= 0.3 is 5.97 Å². The fourth-order valence-corrected chi connectivity index (χ4v) is 2.06. The summed E-state index contributed by atoms with van der Waals surface area (Å²) in [4.78, 5) is 10.6. The van der Waals surface area contributed by atoms with Crippen LogP contribution in [-0.2, 0) is 4.79 Å². The molecule has 0 bridgehead atoms. The highest BCUT2D eigenvalue weighted by Gasteiger charge is 2.09. The second-order valence-electron chi connectivity index (χ2n) is 5.13. The molecule has 2 heteroatoms. The molecule has 17 heavy (non-hydrogen) atoms. The number of hydrogen-bond acceptors (Lipinski definition) is 1. The molecule has 2 nitrogen and oxygen atoms in total. The molecule has 0 aliphatic rings. The van der Waals surface area contributed by atoms with E-state index in [2.05, 4.69) is 20.4 Å². The Kier molecular flexibility index (Phi) is 9.89. The van der Waals surface area contributed by atoms with Gasteiger partial charge in [0.1, 0.15) is 0 Å². The number of carboxylic acids is 1. The van der Waals surface area contributed by atoms with E-state index in [9.17, 15) is 4.79 Å². The third-order valence-corrected chi connectivity index (χ3v) is 3.20. The summed E-state index contributed by atoms with van der Waals surface area (Å²) < 4.78 is 0. The normalized spacial score (nSPS) is 12.4. The predicted molar refractivity (Wildman–Crippen MR) is 73.2 cm³/mol. The molecule has 0 heterocycles. The Bertz CT molecular complexity index is 221. The summed E-state index contributed by atoms with van der Waals surface area (Å²) in [6.45, 7) is 7.92. The van der Waals surface area contributed by atoms with Crippen LogP contribution < -0.4 is 0 Å². The van der Waals surface area contributed by atoms with Crippen molar-refractivity contribution in [3.63, 3.8) is 0 Å². The van der Waals surface area contributed by atoms with Crippen molar-refractivity contribution in [2.45, 2.75) is 71.6 Å². The molecule has 0 spiro atoms. The van der Waals surface area contributed by atoms with Crippen LogP contribution in [0.25, 0.3) is 0 Å². The summed E-state index contributed by atoms with van der Waals surface area (Å²) in [5.74, 6) is -0.398. The lowest BCUT2D eigenvalue weighted by molar-refractivity contribution is -0.132. The maximum absolute atomic E-state index is 10.6. The molecule has 0 fully saturated rings. The van der Waals surface area contributed by atoms with Gasteiger partial charge in [-0.05, 0) is 12.3 Å². The van der Waals surface area contributed by atoms with E-state index >= 15 is 0 Å².